The van der Waals surface area contributed by atoms with Gasteiger partial charge in [0.1, 0.15) is 0 Å². The highest BCUT2D eigenvalue weighted by Crippen LogP contribution is 2.33. The first-order valence-corrected chi connectivity index (χ1v) is 9.48. The van der Waals surface area contributed by atoms with E-state index in [9.17, 15) is 4.79 Å². The van der Waals surface area contributed by atoms with Gasteiger partial charge in [0.25, 0.3) is 0 Å². The number of nitrogens with one attached hydrogen (secondary N) is 1. The van der Waals surface area contributed by atoms with Crippen molar-refractivity contribution in [1.29, 1.82) is 0 Å². The first-order valence-electron chi connectivity index (χ1n) is 8.54. The highest BCUT2D eigenvalue weighted by Gasteiger charge is 2.30. The van der Waals surface area contributed by atoms with Crippen LogP contribution < -0.4 is 11.1 Å². The summed E-state index contributed by atoms with van der Waals surface area (Å²) in [6, 6.07) is 4.50. The third-order valence-corrected chi connectivity index (χ3v) is 5.69. The fraction of sp³-hybridized carbons (Fsp3) is 0.444. The van der Waals surface area contributed by atoms with E-state index in [0.717, 1.165) is 50.0 Å². The van der Waals surface area contributed by atoms with Gasteiger partial charge >= 0.3 is 6.03 Å². The van der Waals surface area contributed by atoms with E-state index in [1.165, 1.54) is 11.1 Å². The fourth-order valence-corrected chi connectivity index (χ4v) is 4.44. The number of nitrogens with two attached hydrogens (primary N) is 1. The molecular weight excluding hydrogens is 320 g/mol. The number of pyridine rings is 1. The minimum Gasteiger partial charge on any atom is -0.327 e. The maximum absolute atomic E-state index is 12.7. The van der Waals surface area contributed by atoms with Gasteiger partial charge in [-0.3, -0.25) is 4.98 Å². The quantitative estimate of drug-likeness (QED) is 0.879. The Bertz CT molecular complexity index is 731. The number of thiophene rings is 1. The maximum atomic E-state index is 12.7. The van der Waals surface area contributed by atoms with Gasteiger partial charge in [-0.2, -0.15) is 11.3 Å². The number of amides is 2. The van der Waals surface area contributed by atoms with Crippen LogP contribution in [0.15, 0.2) is 29.1 Å². The highest BCUT2D eigenvalue weighted by atomic mass is 32.1. The zero-order chi connectivity index (χ0) is 16.5. The minimum absolute atomic E-state index is 0.0365. The molecule has 1 fully saturated rings. The molecule has 6 heteroatoms. The number of hydrogen-bond donors (Lipinski definition) is 2. The van der Waals surface area contributed by atoms with Crippen LogP contribution >= 0.6 is 11.3 Å². The molecule has 3 heterocycles. The summed E-state index contributed by atoms with van der Waals surface area (Å²) in [4.78, 5) is 19.2. The summed E-state index contributed by atoms with van der Waals surface area (Å²) < 4.78 is 0. The number of carbonyl (C=O) groups excluding carboxylic acids is 1. The lowest BCUT2D eigenvalue weighted by Gasteiger charge is -2.25. The van der Waals surface area contributed by atoms with Gasteiger partial charge in [0.2, 0.25) is 0 Å². The predicted molar refractivity (Wildman–Crippen MR) is 96.3 cm³/mol. The Balaban J connectivity index is 1.49. The first kappa shape index (κ1) is 15.6. The van der Waals surface area contributed by atoms with Gasteiger partial charge in [0.05, 0.1) is 17.9 Å². The summed E-state index contributed by atoms with van der Waals surface area (Å²) in [7, 11) is 0. The van der Waals surface area contributed by atoms with Crippen molar-refractivity contribution in [2.75, 3.05) is 11.9 Å². The molecule has 0 saturated carbocycles. The number of hydrogen-bond acceptors (Lipinski definition) is 4. The van der Waals surface area contributed by atoms with Crippen LogP contribution in [0.2, 0.25) is 0 Å². The van der Waals surface area contributed by atoms with Crippen molar-refractivity contribution in [3.05, 3.63) is 45.9 Å². The van der Waals surface area contributed by atoms with Crippen LogP contribution in [0.5, 0.6) is 0 Å². The molecule has 0 spiro atoms. The van der Waals surface area contributed by atoms with E-state index in [1.54, 1.807) is 17.5 Å². The van der Waals surface area contributed by atoms with E-state index in [0.29, 0.717) is 0 Å². The molecule has 0 bridgehead atoms. The van der Waals surface area contributed by atoms with Gasteiger partial charge in [-0.1, -0.05) is 0 Å². The Morgan fingerprint density at radius 1 is 1.42 bits per heavy atom. The lowest BCUT2D eigenvalue weighted by atomic mass is 9.92. The molecule has 0 aromatic carbocycles. The van der Waals surface area contributed by atoms with E-state index >= 15 is 0 Å². The summed E-state index contributed by atoms with van der Waals surface area (Å²) >= 11 is 1.68. The van der Waals surface area contributed by atoms with E-state index in [1.807, 2.05) is 11.0 Å². The lowest BCUT2D eigenvalue weighted by molar-refractivity contribution is 0.207. The number of fused-ring (bicyclic) bond motifs is 1. The largest absolute Gasteiger partial charge is 0.327 e. The molecule has 2 aliphatic rings. The topological polar surface area (TPSA) is 71.2 Å². The van der Waals surface area contributed by atoms with Crippen LogP contribution in [0, 0.1) is 0 Å². The maximum Gasteiger partial charge on any atom is 0.322 e. The molecule has 126 valence electrons. The van der Waals surface area contributed by atoms with Gasteiger partial charge in [-0.05, 0) is 66.1 Å². The second-order valence-corrected chi connectivity index (χ2v) is 7.45. The number of carbonyl (C=O) groups is 1. The third kappa shape index (κ3) is 3.03. The average molecular weight is 342 g/mol. The lowest BCUT2D eigenvalue weighted by Crippen LogP contribution is -2.34. The molecule has 24 heavy (non-hydrogen) atoms. The van der Waals surface area contributed by atoms with Crippen LogP contribution in [-0.4, -0.2) is 28.5 Å². The Hall–Kier alpha value is -1.92. The van der Waals surface area contributed by atoms with E-state index in [-0.39, 0.29) is 18.1 Å². The fourth-order valence-electron chi connectivity index (χ4n) is 3.73. The molecule has 1 saturated heterocycles. The summed E-state index contributed by atoms with van der Waals surface area (Å²) in [6.45, 7) is 0.801. The molecule has 3 N–H and O–H groups in total. The average Bonchev–Trinajstić information content (AvgIpc) is 3.25. The standard InChI is InChI=1S/C18H22N4OS/c19-14-3-4-16-13(8-14)9-15(10-20-16)21-18(23)22-6-1-2-17(22)12-5-7-24-11-12/h5,7,9-11,14,17H,1-4,6,8,19H2,(H,21,23). The first-order chi connectivity index (χ1) is 11.7. The molecular formula is C18H22N4OS. The molecule has 5 nitrogen and oxygen atoms in total. The zero-order valence-corrected chi connectivity index (χ0v) is 14.4. The van der Waals surface area contributed by atoms with Crippen molar-refractivity contribution in [2.45, 2.75) is 44.2 Å². The Morgan fingerprint density at radius 2 is 2.33 bits per heavy atom. The SMILES string of the molecule is NC1CCc2ncc(NC(=O)N3CCCC3c3ccsc3)cc2C1. The normalized spacial score (nSPS) is 23.1. The molecule has 1 aliphatic carbocycles. The van der Waals surface area contributed by atoms with Crippen molar-refractivity contribution < 1.29 is 4.79 Å². The van der Waals surface area contributed by atoms with Gasteiger partial charge < -0.3 is 16.0 Å². The molecule has 2 amide bonds. The van der Waals surface area contributed by atoms with Crippen molar-refractivity contribution in [3.63, 3.8) is 0 Å². The number of aryl methyl sites for hydroxylation is 1. The number of nitrogens with zero attached hydrogens (tertiary/aromatic N) is 2. The van der Waals surface area contributed by atoms with Crippen LogP contribution in [-0.2, 0) is 12.8 Å². The Labute approximate surface area is 145 Å². The highest BCUT2D eigenvalue weighted by molar-refractivity contribution is 7.08. The molecule has 2 aromatic rings. The number of likely N-dealkylation sites (tertiary alicyclic amines) is 1. The smallest absolute Gasteiger partial charge is 0.322 e. The van der Waals surface area contributed by atoms with Crippen LogP contribution in [0.25, 0.3) is 0 Å². The van der Waals surface area contributed by atoms with E-state index in [4.69, 9.17) is 5.73 Å². The van der Waals surface area contributed by atoms with Crippen molar-refractivity contribution >= 4 is 23.1 Å². The molecule has 1 aliphatic heterocycles. The van der Waals surface area contributed by atoms with Crippen molar-refractivity contribution in [1.82, 2.24) is 9.88 Å². The van der Waals surface area contributed by atoms with Gasteiger partial charge in [-0.25, -0.2) is 4.79 Å². The molecule has 2 aromatic heterocycles. The molecule has 0 radical (unpaired) electrons. The number of anilines is 1. The van der Waals surface area contributed by atoms with E-state index < -0.39 is 0 Å². The predicted octanol–water partition coefficient (Wildman–Crippen LogP) is 3.33. The van der Waals surface area contributed by atoms with Crippen LogP contribution in [0.4, 0.5) is 10.5 Å². The van der Waals surface area contributed by atoms with Gasteiger partial charge in [-0.15, -0.1) is 0 Å². The van der Waals surface area contributed by atoms with Crippen LogP contribution in [0.3, 0.4) is 0 Å². The molecule has 4 rings (SSSR count). The summed E-state index contributed by atoms with van der Waals surface area (Å²) in [5, 5.41) is 7.23. The van der Waals surface area contributed by atoms with Crippen LogP contribution in [0.1, 0.15) is 42.1 Å². The van der Waals surface area contributed by atoms with E-state index in [2.05, 4.69) is 27.1 Å². The Kier molecular flexibility index (Phi) is 4.24. The second kappa shape index (κ2) is 6.53. The Morgan fingerprint density at radius 3 is 3.17 bits per heavy atom. The summed E-state index contributed by atoms with van der Waals surface area (Å²) in [6.07, 6.45) is 6.60. The monoisotopic (exact) mass is 342 g/mol. The van der Waals surface area contributed by atoms with Crippen molar-refractivity contribution in [2.24, 2.45) is 5.73 Å². The number of urea groups is 1. The molecule has 2 atom stereocenters. The molecule has 2 unspecified atom stereocenters. The number of aromatic nitrogens is 1. The third-order valence-electron chi connectivity index (χ3n) is 4.99. The van der Waals surface area contributed by atoms with Crippen molar-refractivity contribution in [3.8, 4) is 0 Å². The van der Waals surface area contributed by atoms with Gasteiger partial charge in [0, 0.05) is 18.3 Å². The summed E-state index contributed by atoms with van der Waals surface area (Å²) in [5.74, 6) is 0. The number of rotatable bonds is 2. The minimum atomic E-state index is -0.0365. The van der Waals surface area contributed by atoms with Gasteiger partial charge in [0.15, 0.2) is 0 Å². The second-order valence-electron chi connectivity index (χ2n) is 6.67. The zero-order valence-electron chi connectivity index (χ0n) is 13.6. The summed E-state index contributed by atoms with van der Waals surface area (Å²) in [5.41, 5.74) is 10.3.